The minimum absolute atomic E-state index is 0.325. The van der Waals surface area contributed by atoms with Crippen LogP contribution in [-0.4, -0.2) is 31.8 Å². The largest absolute Gasteiger partial charge is 0.497 e. The number of carbonyl (C=O) groups is 1. The van der Waals surface area contributed by atoms with E-state index in [0.717, 1.165) is 17.9 Å². The highest BCUT2D eigenvalue weighted by Gasteiger charge is 2.37. The first kappa shape index (κ1) is 13.7. The van der Waals surface area contributed by atoms with Crippen LogP contribution in [0.3, 0.4) is 0 Å². The summed E-state index contributed by atoms with van der Waals surface area (Å²) in [5, 5.41) is 3.28. The lowest BCUT2D eigenvalue weighted by atomic mass is 9.89. The van der Waals surface area contributed by atoms with Gasteiger partial charge < -0.3 is 20.5 Å². The van der Waals surface area contributed by atoms with Gasteiger partial charge in [-0.15, -0.1) is 0 Å². The molecule has 0 aliphatic carbocycles. The van der Waals surface area contributed by atoms with E-state index in [4.69, 9.17) is 15.2 Å². The molecule has 0 radical (unpaired) electrons. The summed E-state index contributed by atoms with van der Waals surface area (Å²) in [5.74, 6) is 0.455. The number of primary amides is 1. The monoisotopic (exact) mass is 264 g/mol. The maximum Gasteiger partial charge on any atom is 0.243 e. The molecule has 2 rings (SSSR count). The van der Waals surface area contributed by atoms with E-state index in [0.29, 0.717) is 26.1 Å². The lowest BCUT2D eigenvalue weighted by Crippen LogP contribution is -2.50. The van der Waals surface area contributed by atoms with Crippen LogP contribution in [0.15, 0.2) is 24.3 Å². The fourth-order valence-electron chi connectivity index (χ4n) is 2.33. The highest BCUT2D eigenvalue weighted by Crippen LogP contribution is 2.27. The molecule has 19 heavy (non-hydrogen) atoms. The molecule has 1 aliphatic heterocycles. The Labute approximate surface area is 113 Å². The first-order valence-electron chi connectivity index (χ1n) is 6.46. The Morgan fingerprint density at radius 2 is 2.05 bits per heavy atom. The first-order valence-corrected chi connectivity index (χ1v) is 6.46. The van der Waals surface area contributed by atoms with Gasteiger partial charge in [0.15, 0.2) is 0 Å². The molecule has 0 saturated carbocycles. The third kappa shape index (κ3) is 3.17. The van der Waals surface area contributed by atoms with E-state index in [1.165, 1.54) is 0 Å². The zero-order valence-electron chi connectivity index (χ0n) is 11.1. The minimum Gasteiger partial charge on any atom is -0.497 e. The SMILES string of the molecule is COc1ccc(NC2(C(N)=O)CCCOCC2)cc1. The van der Waals surface area contributed by atoms with Crippen molar-refractivity contribution in [3.63, 3.8) is 0 Å². The molecular weight excluding hydrogens is 244 g/mol. The van der Waals surface area contributed by atoms with E-state index in [1.54, 1.807) is 7.11 Å². The van der Waals surface area contributed by atoms with Crippen molar-refractivity contribution in [1.29, 1.82) is 0 Å². The van der Waals surface area contributed by atoms with Crippen molar-refractivity contribution >= 4 is 11.6 Å². The van der Waals surface area contributed by atoms with Crippen LogP contribution in [0.2, 0.25) is 0 Å². The normalized spacial score (nSPS) is 23.4. The Morgan fingerprint density at radius 1 is 1.32 bits per heavy atom. The number of amides is 1. The van der Waals surface area contributed by atoms with Gasteiger partial charge in [0.2, 0.25) is 5.91 Å². The Hall–Kier alpha value is -1.75. The van der Waals surface area contributed by atoms with Gasteiger partial charge in [0.1, 0.15) is 11.3 Å². The van der Waals surface area contributed by atoms with Gasteiger partial charge in [-0.3, -0.25) is 4.79 Å². The van der Waals surface area contributed by atoms with Crippen LogP contribution in [-0.2, 0) is 9.53 Å². The van der Waals surface area contributed by atoms with E-state index in [2.05, 4.69) is 5.32 Å². The standard InChI is InChI=1S/C14H20N2O3/c1-18-12-5-3-11(4-6-12)16-14(13(15)17)7-2-9-19-10-8-14/h3-6,16H,2,7-10H2,1H3,(H2,15,17). The molecule has 1 fully saturated rings. The Balaban J connectivity index is 2.17. The number of hydrogen-bond donors (Lipinski definition) is 2. The van der Waals surface area contributed by atoms with Crippen LogP contribution in [0.5, 0.6) is 5.75 Å². The molecule has 0 bridgehead atoms. The summed E-state index contributed by atoms with van der Waals surface area (Å²) in [6.45, 7) is 1.23. The highest BCUT2D eigenvalue weighted by molar-refractivity contribution is 5.88. The predicted molar refractivity (Wildman–Crippen MR) is 73.2 cm³/mol. The number of carbonyl (C=O) groups excluding carboxylic acids is 1. The van der Waals surface area contributed by atoms with Crippen molar-refractivity contribution in [3.05, 3.63) is 24.3 Å². The Bertz CT molecular complexity index is 423. The van der Waals surface area contributed by atoms with Gasteiger partial charge in [-0.1, -0.05) is 0 Å². The van der Waals surface area contributed by atoms with Gasteiger partial charge in [0, 0.05) is 25.3 Å². The molecular formula is C14H20N2O3. The van der Waals surface area contributed by atoms with Gasteiger partial charge in [-0.25, -0.2) is 0 Å². The van der Waals surface area contributed by atoms with Gasteiger partial charge in [0.25, 0.3) is 0 Å². The van der Waals surface area contributed by atoms with Gasteiger partial charge >= 0.3 is 0 Å². The minimum atomic E-state index is -0.717. The van der Waals surface area contributed by atoms with Crippen LogP contribution in [0.25, 0.3) is 0 Å². The Kier molecular flexibility index (Phi) is 4.27. The van der Waals surface area contributed by atoms with Crippen molar-refractivity contribution in [1.82, 2.24) is 0 Å². The van der Waals surface area contributed by atoms with Crippen LogP contribution in [0.1, 0.15) is 19.3 Å². The second-order valence-corrected chi connectivity index (χ2v) is 4.77. The van der Waals surface area contributed by atoms with E-state index >= 15 is 0 Å². The van der Waals surface area contributed by atoms with Gasteiger partial charge in [0.05, 0.1) is 7.11 Å². The van der Waals surface area contributed by atoms with E-state index in [9.17, 15) is 4.79 Å². The lowest BCUT2D eigenvalue weighted by molar-refractivity contribution is -0.122. The lowest BCUT2D eigenvalue weighted by Gasteiger charge is -2.31. The summed E-state index contributed by atoms with van der Waals surface area (Å²) >= 11 is 0. The molecule has 1 amide bonds. The number of nitrogens with two attached hydrogens (primary N) is 1. The summed E-state index contributed by atoms with van der Waals surface area (Å²) in [5.41, 5.74) is 5.74. The molecule has 1 aliphatic rings. The van der Waals surface area contributed by atoms with Crippen LogP contribution in [0, 0.1) is 0 Å². The number of anilines is 1. The van der Waals surface area contributed by atoms with Crippen LogP contribution in [0.4, 0.5) is 5.69 Å². The number of ether oxygens (including phenoxy) is 2. The molecule has 104 valence electrons. The maximum absolute atomic E-state index is 11.8. The van der Waals surface area contributed by atoms with Gasteiger partial charge in [-0.2, -0.15) is 0 Å². The molecule has 1 heterocycles. The molecule has 1 unspecified atom stereocenters. The van der Waals surface area contributed by atoms with Crippen LogP contribution >= 0.6 is 0 Å². The van der Waals surface area contributed by atoms with Crippen molar-refractivity contribution < 1.29 is 14.3 Å². The summed E-state index contributed by atoms with van der Waals surface area (Å²) in [6.07, 6.45) is 2.11. The molecule has 5 heteroatoms. The first-order chi connectivity index (χ1) is 9.16. The summed E-state index contributed by atoms with van der Waals surface area (Å²) in [6, 6.07) is 7.47. The third-order valence-electron chi connectivity index (χ3n) is 3.51. The predicted octanol–water partition coefficient (Wildman–Crippen LogP) is 1.53. The number of nitrogens with one attached hydrogen (secondary N) is 1. The summed E-state index contributed by atoms with van der Waals surface area (Å²) in [7, 11) is 1.62. The molecule has 0 spiro atoms. The molecule has 1 aromatic rings. The Morgan fingerprint density at radius 3 is 2.68 bits per heavy atom. The van der Waals surface area contributed by atoms with E-state index < -0.39 is 5.54 Å². The molecule has 5 nitrogen and oxygen atoms in total. The topological polar surface area (TPSA) is 73.6 Å². The average Bonchev–Trinajstić information content (AvgIpc) is 2.66. The summed E-state index contributed by atoms with van der Waals surface area (Å²) in [4.78, 5) is 11.8. The molecule has 1 atom stereocenters. The zero-order valence-corrected chi connectivity index (χ0v) is 11.1. The van der Waals surface area contributed by atoms with E-state index in [1.807, 2.05) is 24.3 Å². The van der Waals surface area contributed by atoms with E-state index in [-0.39, 0.29) is 5.91 Å². The number of benzene rings is 1. The van der Waals surface area contributed by atoms with Crippen molar-refractivity contribution in [2.45, 2.75) is 24.8 Å². The fourth-order valence-corrected chi connectivity index (χ4v) is 2.33. The second-order valence-electron chi connectivity index (χ2n) is 4.77. The molecule has 0 aromatic heterocycles. The molecule has 1 saturated heterocycles. The van der Waals surface area contributed by atoms with Gasteiger partial charge in [-0.05, 0) is 37.1 Å². The number of hydrogen-bond acceptors (Lipinski definition) is 4. The molecule has 1 aromatic carbocycles. The van der Waals surface area contributed by atoms with Crippen molar-refractivity contribution in [2.24, 2.45) is 5.73 Å². The summed E-state index contributed by atoms with van der Waals surface area (Å²) < 4.78 is 10.5. The number of rotatable bonds is 4. The highest BCUT2D eigenvalue weighted by atomic mass is 16.5. The maximum atomic E-state index is 11.8. The van der Waals surface area contributed by atoms with Crippen LogP contribution < -0.4 is 15.8 Å². The third-order valence-corrected chi connectivity index (χ3v) is 3.51. The smallest absolute Gasteiger partial charge is 0.243 e. The second kappa shape index (κ2) is 5.93. The average molecular weight is 264 g/mol. The number of methoxy groups -OCH3 is 1. The molecule has 3 N–H and O–H groups in total. The zero-order chi connectivity index (χ0) is 13.7. The fraction of sp³-hybridized carbons (Fsp3) is 0.500. The van der Waals surface area contributed by atoms with Crippen molar-refractivity contribution in [3.8, 4) is 5.75 Å². The quantitative estimate of drug-likeness (QED) is 0.865. The van der Waals surface area contributed by atoms with Crippen molar-refractivity contribution in [2.75, 3.05) is 25.6 Å².